The Morgan fingerprint density at radius 1 is 0.300 bits per heavy atom. The molecule has 0 saturated heterocycles. The molecule has 0 heterocycles. The van der Waals surface area contributed by atoms with E-state index in [9.17, 15) is 14.4 Å². The van der Waals surface area contributed by atoms with Crippen molar-refractivity contribution in [1.29, 1.82) is 0 Å². The molecule has 0 aliphatic rings. The molecule has 0 aliphatic heterocycles. The Balaban J connectivity index is 4.31. The van der Waals surface area contributed by atoms with Gasteiger partial charge in [0, 0.05) is 19.3 Å². The smallest absolute Gasteiger partial charge is 0.306 e. The van der Waals surface area contributed by atoms with E-state index in [2.05, 4.69) is 118 Å². The van der Waals surface area contributed by atoms with E-state index in [1.54, 1.807) is 0 Å². The van der Waals surface area contributed by atoms with E-state index in [0.717, 1.165) is 122 Å². The van der Waals surface area contributed by atoms with Crippen LogP contribution in [0.4, 0.5) is 0 Å². The molecule has 0 aromatic rings. The summed E-state index contributed by atoms with van der Waals surface area (Å²) in [7, 11) is 0. The van der Waals surface area contributed by atoms with Crippen molar-refractivity contribution in [3.63, 3.8) is 0 Å². The highest BCUT2D eigenvalue weighted by atomic mass is 16.6. The van der Waals surface area contributed by atoms with Crippen LogP contribution in [-0.2, 0) is 28.6 Å². The Kier molecular flexibility index (Phi) is 54.9. The van der Waals surface area contributed by atoms with Crippen LogP contribution in [0, 0.1) is 0 Å². The van der Waals surface area contributed by atoms with Gasteiger partial charge in [0.1, 0.15) is 13.2 Å². The van der Waals surface area contributed by atoms with Crippen LogP contribution in [0.3, 0.4) is 0 Å². The molecule has 1 atom stereocenters. The van der Waals surface area contributed by atoms with Crippen LogP contribution < -0.4 is 0 Å². The second-order valence-corrected chi connectivity index (χ2v) is 19.1. The predicted molar refractivity (Wildman–Crippen MR) is 302 cm³/mol. The number of ether oxygens (including phenoxy) is 3. The molecule has 0 fully saturated rings. The first-order valence-electron chi connectivity index (χ1n) is 29.2. The van der Waals surface area contributed by atoms with Gasteiger partial charge in [-0.05, 0) is 116 Å². The molecular formula is C64H108O6. The first kappa shape index (κ1) is 66.3. The first-order valence-corrected chi connectivity index (χ1v) is 29.2. The molecule has 0 rings (SSSR count). The van der Waals surface area contributed by atoms with Crippen molar-refractivity contribution in [2.45, 2.75) is 277 Å². The summed E-state index contributed by atoms with van der Waals surface area (Å²) in [6.45, 7) is 6.38. The number of esters is 3. The van der Waals surface area contributed by atoms with Gasteiger partial charge >= 0.3 is 17.9 Å². The molecule has 70 heavy (non-hydrogen) atoms. The van der Waals surface area contributed by atoms with Crippen molar-refractivity contribution in [3.05, 3.63) is 97.2 Å². The van der Waals surface area contributed by atoms with Gasteiger partial charge in [0.2, 0.25) is 0 Å². The lowest BCUT2D eigenvalue weighted by Crippen LogP contribution is -2.30. The van der Waals surface area contributed by atoms with Gasteiger partial charge in [0.25, 0.3) is 0 Å². The maximum atomic E-state index is 12.8. The average molecular weight is 974 g/mol. The molecule has 0 aliphatic carbocycles. The highest BCUT2D eigenvalue weighted by Gasteiger charge is 2.19. The van der Waals surface area contributed by atoms with E-state index >= 15 is 0 Å². The number of unbranched alkanes of at least 4 members (excludes halogenated alkanes) is 25. The molecule has 0 bridgehead atoms. The molecule has 0 N–H and O–H groups in total. The number of carbonyl (C=O) groups excluding carboxylic acids is 3. The summed E-state index contributed by atoms with van der Waals surface area (Å²) in [6, 6.07) is 0. The third-order valence-electron chi connectivity index (χ3n) is 12.3. The maximum absolute atomic E-state index is 12.8. The molecule has 0 radical (unpaired) electrons. The maximum Gasteiger partial charge on any atom is 0.306 e. The summed E-state index contributed by atoms with van der Waals surface area (Å²) in [5, 5.41) is 0. The van der Waals surface area contributed by atoms with Crippen molar-refractivity contribution in [2.75, 3.05) is 13.2 Å². The lowest BCUT2D eigenvalue weighted by molar-refractivity contribution is -0.167. The summed E-state index contributed by atoms with van der Waals surface area (Å²) >= 11 is 0. The standard InChI is InChI=1S/C64H108O6/c1-4-7-10-13-16-19-22-25-27-28-29-30-31-32-33-34-35-36-37-40-42-45-48-51-54-57-63(66)69-60-61(59-68-62(65)56-53-50-47-44-41-38-24-21-18-15-12-9-6-3)70-64(67)58-55-52-49-46-43-39-26-23-20-17-14-11-8-5-2/h7,9-10,12,16,18-19,21,23,25-27,29-30,38,41,61H,4-6,8,11,13-15,17,20,22,24,28,31-37,39-40,42-60H2,1-3H3/b10-7-,12-9-,19-16-,21-18-,26-23-,27-25-,30-29-,41-38-. The van der Waals surface area contributed by atoms with Gasteiger partial charge < -0.3 is 14.2 Å². The summed E-state index contributed by atoms with van der Waals surface area (Å²) in [5.74, 6) is -0.928. The second-order valence-electron chi connectivity index (χ2n) is 19.1. The molecule has 0 amide bonds. The van der Waals surface area contributed by atoms with Crippen molar-refractivity contribution >= 4 is 17.9 Å². The van der Waals surface area contributed by atoms with Gasteiger partial charge in [-0.3, -0.25) is 14.4 Å². The van der Waals surface area contributed by atoms with E-state index in [1.807, 2.05) is 0 Å². The minimum absolute atomic E-state index is 0.0909. The highest BCUT2D eigenvalue weighted by Crippen LogP contribution is 2.15. The molecule has 400 valence electrons. The number of rotatable bonds is 52. The summed E-state index contributed by atoms with van der Waals surface area (Å²) in [5.41, 5.74) is 0. The minimum Gasteiger partial charge on any atom is -0.462 e. The van der Waals surface area contributed by atoms with Crippen molar-refractivity contribution in [1.82, 2.24) is 0 Å². The van der Waals surface area contributed by atoms with E-state index in [1.165, 1.54) is 109 Å². The quantitative estimate of drug-likeness (QED) is 0.0262. The number of allylic oxidation sites excluding steroid dienone is 16. The van der Waals surface area contributed by atoms with E-state index in [4.69, 9.17) is 14.2 Å². The molecular weight excluding hydrogens is 865 g/mol. The van der Waals surface area contributed by atoms with E-state index in [-0.39, 0.29) is 31.1 Å². The Bertz CT molecular complexity index is 1400. The van der Waals surface area contributed by atoms with E-state index in [0.29, 0.717) is 19.3 Å². The van der Waals surface area contributed by atoms with Crippen LogP contribution in [0.2, 0.25) is 0 Å². The van der Waals surface area contributed by atoms with Crippen LogP contribution in [0.15, 0.2) is 97.2 Å². The Morgan fingerprint density at radius 2 is 0.557 bits per heavy atom. The third-order valence-corrected chi connectivity index (χ3v) is 12.3. The van der Waals surface area contributed by atoms with Crippen molar-refractivity contribution in [2.24, 2.45) is 0 Å². The summed E-state index contributed by atoms with van der Waals surface area (Å²) < 4.78 is 16.8. The predicted octanol–water partition coefficient (Wildman–Crippen LogP) is 19.7. The zero-order chi connectivity index (χ0) is 50.7. The topological polar surface area (TPSA) is 78.9 Å². The van der Waals surface area contributed by atoms with Gasteiger partial charge in [-0.15, -0.1) is 0 Å². The third kappa shape index (κ3) is 55.3. The average Bonchev–Trinajstić information content (AvgIpc) is 3.36. The largest absolute Gasteiger partial charge is 0.462 e. The fraction of sp³-hybridized carbons (Fsp3) is 0.703. The molecule has 6 nitrogen and oxygen atoms in total. The van der Waals surface area contributed by atoms with E-state index < -0.39 is 6.10 Å². The SMILES string of the molecule is CC/C=C\C/C=C\C/C=C\C/C=C\CCCCCCCCCCCCCCC(=O)OCC(COC(=O)CCCCC/C=C\C/C=C\C/C=C\CC)OC(=O)CCCCCCC/C=C\CCCCCCC. The minimum atomic E-state index is -0.795. The Morgan fingerprint density at radius 3 is 0.900 bits per heavy atom. The summed E-state index contributed by atoms with van der Waals surface area (Å²) in [4.78, 5) is 38.1. The highest BCUT2D eigenvalue weighted by molar-refractivity contribution is 5.71. The zero-order valence-corrected chi connectivity index (χ0v) is 45.8. The number of hydrogen-bond donors (Lipinski definition) is 0. The van der Waals surface area contributed by atoms with Gasteiger partial charge in [0.05, 0.1) is 0 Å². The van der Waals surface area contributed by atoms with Crippen LogP contribution >= 0.6 is 0 Å². The second kappa shape index (κ2) is 57.9. The van der Waals surface area contributed by atoms with Crippen LogP contribution in [0.5, 0.6) is 0 Å². The van der Waals surface area contributed by atoms with Crippen LogP contribution in [0.25, 0.3) is 0 Å². The van der Waals surface area contributed by atoms with Crippen molar-refractivity contribution < 1.29 is 28.6 Å². The fourth-order valence-corrected chi connectivity index (χ4v) is 7.97. The molecule has 0 saturated carbocycles. The Hall–Kier alpha value is -3.67. The zero-order valence-electron chi connectivity index (χ0n) is 45.8. The van der Waals surface area contributed by atoms with Gasteiger partial charge in [-0.2, -0.15) is 0 Å². The lowest BCUT2D eigenvalue weighted by atomic mass is 10.0. The normalized spacial score (nSPS) is 12.8. The molecule has 0 aromatic heterocycles. The van der Waals surface area contributed by atoms with Crippen molar-refractivity contribution in [3.8, 4) is 0 Å². The summed E-state index contributed by atoms with van der Waals surface area (Å²) in [6.07, 6.45) is 76.9. The number of carbonyl (C=O) groups is 3. The molecule has 0 spiro atoms. The molecule has 0 aromatic carbocycles. The van der Waals surface area contributed by atoms with Crippen LogP contribution in [0.1, 0.15) is 271 Å². The number of hydrogen-bond acceptors (Lipinski definition) is 6. The van der Waals surface area contributed by atoms with Gasteiger partial charge in [0.15, 0.2) is 6.10 Å². The Labute approximate surface area is 432 Å². The van der Waals surface area contributed by atoms with Gasteiger partial charge in [-0.25, -0.2) is 0 Å². The van der Waals surface area contributed by atoms with Crippen LogP contribution in [-0.4, -0.2) is 37.2 Å². The first-order chi connectivity index (χ1) is 34.5. The monoisotopic (exact) mass is 973 g/mol. The molecule has 6 heteroatoms. The lowest BCUT2D eigenvalue weighted by Gasteiger charge is -2.18. The van der Waals surface area contributed by atoms with Gasteiger partial charge in [-0.1, -0.05) is 234 Å². The fourth-order valence-electron chi connectivity index (χ4n) is 7.97. The molecule has 1 unspecified atom stereocenters.